The molecule has 34 heavy (non-hydrogen) atoms. The van der Waals surface area contributed by atoms with Crippen LogP contribution in [0.2, 0.25) is 0 Å². The van der Waals surface area contributed by atoms with Crippen molar-refractivity contribution in [3.8, 4) is 5.75 Å². The number of aromatic nitrogens is 1. The van der Waals surface area contributed by atoms with Crippen LogP contribution in [-0.2, 0) is 12.8 Å². The zero-order chi connectivity index (χ0) is 24.3. The minimum atomic E-state index is 0.180. The molecule has 0 bridgehead atoms. The number of benzene rings is 1. The number of nitrogens with zero attached hydrogens (tertiary/aromatic N) is 1. The first-order valence-electron chi connectivity index (χ1n) is 13.1. The summed E-state index contributed by atoms with van der Waals surface area (Å²) in [7, 11) is 1.66. The van der Waals surface area contributed by atoms with Crippen LogP contribution in [0.1, 0.15) is 104 Å². The number of hydrogen-bond acceptors (Lipinski definition) is 3. The van der Waals surface area contributed by atoms with E-state index in [1.807, 2.05) is 18.2 Å². The minimum absolute atomic E-state index is 0.180. The molecule has 1 heterocycles. The minimum Gasteiger partial charge on any atom is -0.496 e. The lowest BCUT2D eigenvalue weighted by molar-refractivity contribution is 0.0979. The van der Waals surface area contributed by atoms with Crippen LogP contribution in [0.15, 0.2) is 48.2 Å². The Morgan fingerprint density at radius 1 is 1.12 bits per heavy atom. The summed E-state index contributed by atoms with van der Waals surface area (Å²) in [4.78, 5) is 17.3. The van der Waals surface area contributed by atoms with E-state index in [0.29, 0.717) is 12.8 Å². The van der Waals surface area contributed by atoms with E-state index in [1.54, 1.807) is 7.11 Å². The molecule has 1 aromatic heterocycles. The Morgan fingerprint density at radius 2 is 1.88 bits per heavy atom. The van der Waals surface area contributed by atoms with Crippen molar-refractivity contribution in [2.24, 2.45) is 5.92 Å². The maximum atomic E-state index is 12.4. The molecule has 0 amide bonds. The first kappa shape index (κ1) is 26.0. The highest BCUT2D eigenvalue weighted by molar-refractivity contribution is 5.96. The van der Waals surface area contributed by atoms with Gasteiger partial charge in [0.05, 0.1) is 7.11 Å². The molecule has 0 aliphatic heterocycles. The van der Waals surface area contributed by atoms with Gasteiger partial charge in [0.15, 0.2) is 5.78 Å². The summed E-state index contributed by atoms with van der Waals surface area (Å²) < 4.78 is 5.61. The van der Waals surface area contributed by atoms with Gasteiger partial charge in [0, 0.05) is 41.8 Å². The van der Waals surface area contributed by atoms with Crippen molar-refractivity contribution in [3.63, 3.8) is 0 Å². The Hall–Kier alpha value is -2.64. The molecule has 0 saturated heterocycles. The van der Waals surface area contributed by atoms with Crippen molar-refractivity contribution in [2.45, 2.75) is 90.9 Å². The van der Waals surface area contributed by atoms with Gasteiger partial charge in [-0.05, 0) is 55.4 Å². The average molecular weight is 460 g/mol. The Labute approximate surface area is 206 Å². The number of ether oxygens (including phenoxy) is 1. The number of methoxy groups -OCH3 is 1. The highest BCUT2D eigenvalue weighted by Gasteiger charge is 2.15. The molecule has 1 saturated carbocycles. The lowest BCUT2D eigenvalue weighted by Gasteiger charge is -2.13. The van der Waals surface area contributed by atoms with Gasteiger partial charge in [0.2, 0.25) is 0 Å². The standard InChI is InChI=1S/C31H41NO2/c1-5-7-15-30(33)27-16-17-28(31(22-27)34-4)21-29-19-18-26(23(3)32-29)20-24(6-2)13-10-14-25-11-8-9-12-25/h16-19,22,25H,2,5,7-15,20-21H2,1,3-4H3. The Balaban J connectivity index is 1.61. The van der Waals surface area contributed by atoms with E-state index in [9.17, 15) is 4.79 Å². The topological polar surface area (TPSA) is 39.2 Å². The van der Waals surface area contributed by atoms with Gasteiger partial charge >= 0.3 is 0 Å². The van der Waals surface area contributed by atoms with Crippen molar-refractivity contribution < 1.29 is 9.53 Å². The third-order valence-corrected chi connectivity index (χ3v) is 7.21. The maximum absolute atomic E-state index is 12.4. The number of unbranched alkanes of at least 4 members (excludes halogenated alkanes) is 1. The molecule has 0 radical (unpaired) electrons. The largest absolute Gasteiger partial charge is 0.496 e. The average Bonchev–Trinajstić information content (AvgIpc) is 3.37. The van der Waals surface area contributed by atoms with Crippen LogP contribution in [-0.4, -0.2) is 17.9 Å². The van der Waals surface area contributed by atoms with Crippen LogP contribution >= 0.6 is 0 Å². The number of Topliss-reactive ketones (excluding diaryl/α,β-unsaturated/α-hetero) is 1. The molecular weight excluding hydrogens is 418 g/mol. The maximum Gasteiger partial charge on any atom is 0.163 e. The normalized spacial score (nSPS) is 13.6. The highest BCUT2D eigenvalue weighted by Crippen LogP contribution is 2.30. The van der Waals surface area contributed by atoms with Crippen LogP contribution in [0.25, 0.3) is 0 Å². The third kappa shape index (κ3) is 7.43. The molecule has 1 aliphatic carbocycles. The fourth-order valence-electron chi connectivity index (χ4n) is 5.04. The monoisotopic (exact) mass is 459 g/mol. The third-order valence-electron chi connectivity index (χ3n) is 7.21. The van der Waals surface area contributed by atoms with Gasteiger partial charge in [-0.15, -0.1) is 5.73 Å². The second-order valence-corrected chi connectivity index (χ2v) is 9.78. The van der Waals surface area contributed by atoms with Crippen molar-refractivity contribution in [1.29, 1.82) is 0 Å². The van der Waals surface area contributed by atoms with Gasteiger partial charge in [-0.3, -0.25) is 9.78 Å². The van der Waals surface area contributed by atoms with Crippen LogP contribution in [0.4, 0.5) is 0 Å². The van der Waals surface area contributed by atoms with Crippen LogP contribution in [0.3, 0.4) is 0 Å². The fourth-order valence-corrected chi connectivity index (χ4v) is 5.04. The smallest absolute Gasteiger partial charge is 0.163 e. The Morgan fingerprint density at radius 3 is 2.56 bits per heavy atom. The molecule has 1 aromatic carbocycles. The summed E-state index contributed by atoms with van der Waals surface area (Å²) in [5, 5.41) is 0. The van der Waals surface area contributed by atoms with E-state index >= 15 is 0 Å². The van der Waals surface area contributed by atoms with Gasteiger partial charge in [0.25, 0.3) is 0 Å². The molecule has 0 N–H and O–H groups in total. The van der Waals surface area contributed by atoms with Gasteiger partial charge < -0.3 is 4.74 Å². The molecule has 1 fully saturated rings. The number of aryl methyl sites for hydroxylation is 1. The van der Waals surface area contributed by atoms with Crippen LogP contribution in [0.5, 0.6) is 5.75 Å². The molecule has 182 valence electrons. The van der Waals surface area contributed by atoms with E-state index in [0.717, 1.165) is 59.9 Å². The number of allylic oxidation sites excluding steroid dienone is 1. The summed E-state index contributed by atoms with van der Waals surface area (Å²) in [6, 6.07) is 10.1. The van der Waals surface area contributed by atoms with Crippen molar-refractivity contribution >= 4 is 5.78 Å². The number of carbonyl (C=O) groups is 1. The number of hydrogen-bond donors (Lipinski definition) is 0. The molecular formula is C31H41NO2. The predicted molar refractivity (Wildman–Crippen MR) is 141 cm³/mol. The first-order valence-corrected chi connectivity index (χ1v) is 13.1. The van der Waals surface area contributed by atoms with E-state index in [2.05, 4.69) is 38.3 Å². The van der Waals surface area contributed by atoms with Crippen LogP contribution < -0.4 is 4.74 Å². The van der Waals surface area contributed by atoms with E-state index in [1.165, 1.54) is 49.7 Å². The lowest BCUT2D eigenvalue weighted by atomic mass is 9.95. The van der Waals surface area contributed by atoms with Crippen LogP contribution in [0, 0.1) is 12.8 Å². The summed E-state index contributed by atoms with van der Waals surface area (Å²) in [5.41, 5.74) is 9.58. The van der Waals surface area contributed by atoms with E-state index in [-0.39, 0.29) is 5.78 Å². The van der Waals surface area contributed by atoms with Gasteiger partial charge in [-0.2, -0.15) is 0 Å². The SMILES string of the molecule is C=C=C(CCCC1CCCC1)Cc1ccc(Cc2ccc(C(=O)CCCC)cc2OC)nc1C. The number of rotatable bonds is 13. The molecule has 1 aliphatic rings. The van der Waals surface area contributed by atoms with Crippen molar-refractivity contribution in [1.82, 2.24) is 4.98 Å². The summed E-state index contributed by atoms with van der Waals surface area (Å²) in [5.74, 6) is 1.87. The Kier molecular flexibility index (Phi) is 10.2. The first-order chi connectivity index (χ1) is 16.5. The Bertz CT molecular complexity index is 1010. The second-order valence-electron chi connectivity index (χ2n) is 9.78. The molecule has 2 aromatic rings. The molecule has 3 rings (SSSR count). The number of carbonyl (C=O) groups excluding carboxylic acids is 1. The van der Waals surface area contributed by atoms with Gasteiger partial charge in [-0.1, -0.05) is 70.2 Å². The molecule has 3 heteroatoms. The molecule has 3 nitrogen and oxygen atoms in total. The fraction of sp³-hybridized carbons (Fsp3) is 0.516. The zero-order valence-corrected chi connectivity index (χ0v) is 21.4. The summed E-state index contributed by atoms with van der Waals surface area (Å²) >= 11 is 0. The predicted octanol–water partition coefficient (Wildman–Crippen LogP) is 7.98. The lowest BCUT2D eigenvalue weighted by Crippen LogP contribution is -2.04. The van der Waals surface area contributed by atoms with E-state index < -0.39 is 0 Å². The summed E-state index contributed by atoms with van der Waals surface area (Å²) in [6.45, 7) is 8.13. The highest BCUT2D eigenvalue weighted by atomic mass is 16.5. The molecule has 0 atom stereocenters. The molecule has 0 spiro atoms. The number of ketones is 1. The quantitative estimate of drug-likeness (QED) is 0.225. The number of pyridine rings is 1. The second kappa shape index (κ2) is 13.3. The summed E-state index contributed by atoms with van der Waals surface area (Å²) in [6.07, 6.45) is 13.4. The van der Waals surface area contributed by atoms with E-state index in [4.69, 9.17) is 9.72 Å². The van der Waals surface area contributed by atoms with Gasteiger partial charge in [0.1, 0.15) is 5.75 Å². The van der Waals surface area contributed by atoms with Gasteiger partial charge in [-0.25, -0.2) is 0 Å². The van der Waals surface area contributed by atoms with Crippen molar-refractivity contribution in [3.05, 3.63) is 76.3 Å². The zero-order valence-electron chi connectivity index (χ0n) is 21.4. The molecule has 0 unspecified atom stereocenters. The van der Waals surface area contributed by atoms with Crippen molar-refractivity contribution in [2.75, 3.05) is 7.11 Å².